The van der Waals surface area contributed by atoms with E-state index in [0.717, 1.165) is 17.0 Å². The molecule has 0 atom stereocenters. The van der Waals surface area contributed by atoms with Crippen LogP contribution in [0.3, 0.4) is 0 Å². The molecule has 0 unspecified atom stereocenters. The van der Waals surface area contributed by atoms with Gasteiger partial charge in [-0.1, -0.05) is 0 Å². The molecule has 0 aliphatic rings. The van der Waals surface area contributed by atoms with Crippen LogP contribution in [0.1, 0.15) is 0 Å². The van der Waals surface area contributed by atoms with Crippen molar-refractivity contribution in [2.24, 2.45) is 0 Å². The number of likely N-dealkylation sites (N-methyl/N-ethyl adjacent to an activating group) is 1. The molecule has 94 valence electrons. The number of furan rings is 1. The van der Waals surface area contributed by atoms with Crippen LogP contribution >= 0.6 is 0 Å². The van der Waals surface area contributed by atoms with Crippen molar-refractivity contribution >= 4 is 11.6 Å². The van der Waals surface area contributed by atoms with Crippen molar-refractivity contribution in [1.82, 2.24) is 4.90 Å². The van der Waals surface area contributed by atoms with E-state index in [9.17, 15) is 4.79 Å². The first-order valence-corrected chi connectivity index (χ1v) is 5.73. The topological polar surface area (TPSA) is 45.5 Å². The van der Waals surface area contributed by atoms with Crippen LogP contribution in [0.5, 0.6) is 0 Å². The van der Waals surface area contributed by atoms with Crippen LogP contribution in [-0.4, -0.2) is 31.4 Å². The molecule has 2 aromatic rings. The number of amides is 1. The Labute approximate surface area is 106 Å². The van der Waals surface area contributed by atoms with E-state index < -0.39 is 0 Å². The third-order valence-electron chi connectivity index (χ3n) is 2.43. The second kappa shape index (κ2) is 5.51. The molecule has 4 heteroatoms. The van der Waals surface area contributed by atoms with Gasteiger partial charge in [0.25, 0.3) is 0 Å². The Morgan fingerprint density at radius 3 is 2.50 bits per heavy atom. The number of carbonyl (C=O) groups is 1. The molecule has 0 spiro atoms. The minimum Gasteiger partial charge on any atom is -0.464 e. The second-order valence-electron chi connectivity index (χ2n) is 4.34. The predicted molar refractivity (Wildman–Crippen MR) is 71.3 cm³/mol. The Bertz CT molecular complexity index is 501. The van der Waals surface area contributed by atoms with Crippen molar-refractivity contribution in [3.05, 3.63) is 42.7 Å². The molecule has 0 saturated carbocycles. The predicted octanol–water partition coefficient (Wildman–Crippen LogP) is 2.45. The number of carbonyl (C=O) groups excluding carboxylic acids is 1. The minimum absolute atomic E-state index is 0.0225. The van der Waals surface area contributed by atoms with E-state index in [0.29, 0.717) is 6.54 Å². The molecule has 0 fully saturated rings. The molecule has 1 aromatic heterocycles. The molecular formula is C14H16N2O2. The number of nitrogens with zero attached hydrogens (tertiary/aromatic N) is 1. The van der Waals surface area contributed by atoms with E-state index in [1.165, 1.54) is 0 Å². The summed E-state index contributed by atoms with van der Waals surface area (Å²) in [6, 6.07) is 11.3. The molecule has 1 heterocycles. The van der Waals surface area contributed by atoms with Gasteiger partial charge in [-0.2, -0.15) is 0 Å². The highest BCUT2D eigenvalue weighted by atomic mass is 16.3. The number of benzene rings is 1. The summed E-state index contributed by atoms with van der Waals surface area (Å²) in [5.41, 5.74) is 1.78. The number of rotatable bonds is 4. The summed E-state index contributed by atoms with van der Waals surface area (Å²) < 4.78 is 5.30. The second-order valence-corrected chi connectivity index (χ2v) is 4.34. The van der Waals surface area contributed by atoms with Crippen molar-refractivity contribution in [1.29, 1.82) is 0 Å². The fourth-order valence-electron chi connectivity index (χ4n) is 1.65. The minimum atomic E-state index is -0.0225. The van der Waals surface area contributed by atoms with E-state index in [1.807, 2.05) is 55.4 Å². The van der Waals surface area contributed by atoms with E-state index in [2.05, 4.69) is 5.32 Å². The lowest BCUT2D eigenvalue weighted by Crippen LogP contribution is -2.26. The summed E-state index contributed by atoms with van der Waals surface area (Å²) >= 11 is 0. The lowest BCUT2D eigenvalue weighted by Gasteiger charge is -2.10. The van der Waals surface area contributed by atoms with Gasteiger partial charge in [-0.15, -0.1) is 0 Å². The van der Waals surface area contributed by atoms with Crippen molar-refractivity contribution in [2.45, 2.75) is 0 Å². The lowest BCUT2D eigenvalue weighted by atomic mass is 10.1. The van der Waals surface area contributed by atoms with Gasteiger partial charge in [0.15, 0.2) is 0 Å². The van der Waals surface area contributed by atoms with E-state index in [1.54, 1.807) is 6.26 Å². The molecule has 1 aromatic carbocycles. The number of nitrogens with one attached hydrogen (secondary N) is 1. The summed E-state index contributed by atoms with van der Waals surface area (Å²) in [5, 5.41) is 2.83. The van der Waals surface area contributed by atoms with E-state index >= 15 is 0 Å². The monoisotopic (exact) mass is 244 g/mol. The molecule has 18 heavy (non-hydrogen) atoms. The highest BCUT2D eigenvalue weighted by Gasteiger charge is 2.04. The lowest BCUT2D eigenvalue weighted by molar-refractivity contribution is -0.116. The molecule has 0 bridgehead atoms. The Balaban J connectivity index is 2.02. The summed E-state index contributed by atoms with van der Waals surface area (Å²) in [4.78, 5) is 13.4. The van der Waals surface area contributed by atoms with Gasteiger partial charge in [0.05, 0.1) is 12.8 Å². The summed E-state index contributed by atoms with van der Waals surface area (Å²) in [7, 11) is 3.72. The average molecular weight is 244 g/mol. The Kier molecular flexibility index (Phi) is 3.79. The quantitative estimate of drug-likeness (QED) is 0.898. The van der Waals surface area contributed by atoms with Gasteiger partial charge in [0.2, 0.25) is 5.91 Å². The maximum absolute atomic E-state index is 11.6. The number of anilines is 1. The van der Waals surface area contributed by atoms with Gasteiger partial charge in [-0.25, -0.2) is 0 Å². The van der Waals surface area contributed by atoms with Gasteiger partial charge in [0.1, 0.15) is 5.76 Å². The van der Waals surface area contributed by atoms with Crippen LogP contribution in [0.15, 0.2) is 47.1 Å². The molecule has 1 N–H and O–H groups in total. The van der Waals surface area contributed by atoms with Crippen molar-refractivity contribution < 1.29 is 9.21 Å². The van der Waals surface area contributed by atoms with Crippen LogP contribution in [0.4, 0.5) is 5.69 Å². The zero-order valence-corrected chi connectivity index (χ0v) is 10.5. The Morgan fingerprint density at radius 1 is 1.22 bits per heavy atom. The standard InChI is InChI=1S/C14H16N2O2/c1-16(2)10-14(17)15-12-7-5-11(6-8-12)13-4-3-9-18-13/h3-9H,10H2,1-2H3,(H,15,17). The van der Waals surface area contributed by atoms with Crippen molar-refractivity contribution in [3.8, 4) is 11.3 Å². The number of hydrogen-bond donors (Lipinski definition) is 1. The van der Waals surface area contributed by atoms with Crippen LogP contribution in [0.25, 0.3) is 11.3 Å². The number of hydrogen-bond acceptors (Lipinski definition) is 3. The summed E-state index contributed by atoms with van der Waals surface area (Å²) in [6.07, 6.45) is 1.64. The third kappa shape index (κ3) is 3.21. The molecule has 4 nitrogen and oxygen atoms in total. The molecule has 0 aliphatic carbocycles. The molecule has 0 saturated heterocycles. The molecule has 2 rings (SSSR count). The maximum Gasteiger partial charge on any atom is 0.238 e. The summed E-state index contributed by atoms with van der Waals surface area (Å²) in [5.74, 6) is 0.798. The Hall–Kier alpha value is -2.07. The fraction of sp³-hybridized carbons (Fsp3) is 0.214. The summed E-state index contributed by atoms with van der Waals surface area (Å²) in [6.45, 7) is 0.375. The SMILES string of the molecule is CN(C)CC(=O)Nc1ccc(-c2ccco2)cc1. The van der Waals surface area contributed by atoms with Gasteiger partial charge < -0.3 is 14.6 Å². The van der Waals surface area contributed by atoms with Gasteiger partial charge >= 0.3 is 0 Å². The molecule has 0 aliphatic heterocycles. The average Bonchev–Trinajstić information content (AvgIpc) is 2.82. The Morgan fingerprint density at radius 2 is 1.94 bits per heavy atom. The zero-order valence-electron chi connectivity index (χ0n) is 10.5. The van der Waals surface area contributed by atoms with E-state index in [4.69, 9.17) is 4.42 Å². The molecule has 1 amide bonds. The highest BCUT2D eigenvalue weighted by molar-refractivity contribution is 5.92. The van der Waals surface area contributed by atoms with Crippen LogP contribution < -0.4 is 5.32 Å². The van der Waals surface area contributed by atoms with Gasteiger partial charge in [0, 0.05) is 11.3 Å². The third-order valence-corrected chi connectivity index (χ3v) is 2.43. The smallest absolute Gasteiger partial charge is 0.238 e. The zero-order chi connectivity index (χ0) is 13.0. The maximum atomic E-state index is 11.6. The first-order chi connectivity index (χ1) is 8.65. The highest BCUT2D eigenvalue weighted by Crippen LogP contribution is 2.21. The van der Waals surface area contributed by atoms with Crippen molar-refractivity contribution in [2.75, 3.05) is 26.0 Å². The van der Waals surface area contributed by atoms with Crippen LogP contribution in [0, 0.1) is 0 Å². The van der Waals surface area contributed by atoms with Crippen LogP contribution in [-0.2, 0) is 4.79 Å². The normalized spacial score (nSPS) is 10.6. The van der Waals surface area contributed by atoms with E-state index in [-0.39, 0.29) is 5.91 Å². The largest absolute Gasteiger partial charge is 0.464 e. The van der Waals surface area contributed by atoms with Gasteiger partial charge in [-0.3, -0.25) is 4.79 Å². The van der Waals surface area contributed by atoms with Crippen molar-refractivity contribution in [3.63, 3.8) is 0 Å². The first kappa shape index (κ1) is 12.4. The fourth-order valence-corrected chi connectivity index (χ4v) is 1.65. The first-order valence-electron chi connectivity index (χ1n) is 5.73. The molecule has 0 radical (unpaired) electrons. The van der Waals surface area contributed by atoms with Crippen LogP contribution in [0.2, 0.25) is 0 Å². The van der Waals surface area contributed by atoms with Gasteiger partial charge in [-0.05, 0) is 50.5 Å². The molecular weight excluding hydrogens is 228 g/mol.